The summed E-state index contributed by atoms with van der Waals surface area (Å²) >= 11 is 1.62. The Morgan fingerprint density at radius 1 is 1.57 bits per heavy atom. The van der Waals surface area contributed by atoms with Crippen LogP contribution in [0.3, 0.4) is 0 Å². The molecule has 0 saturated heterocycles. The van der Waals surface area contributed by atoms with Crippen LogP contribution in [0, 0.1) is 6.92 Å². The molecule has 114 valence electrons. The van der Waals surface area contributed by atoms with Gasteiger partial charge in [0.15, 0.2) is 5.16 Å². The van der Waals surface area contributed by atoms with E-state index in [1.807, 2.05) is 19.1 Å². The van der Waals surface area contributed by atoms with Crippen molar-refractivity contribution in [3.63, 3.8) is 0 Å². The van der Waals surface area contributed by atoms with E-state index in [4.69, 9.17) is 5.73 Å². The molecule has 0 aliphatic heterocycles. The van der Waals surface area contributed by atoms with Gasteiger partial charge < -0.3 is 16.0 Å². The molecule has 0 fully saturated rings. The summed E-state index contributed by atoms with van der Waals surface area (Å²) in [4.78, 5) is 19.4. The molecule has 0 aliphatic rings. The maximum atomic E-state index is 11.5. The number of carbonyl (C=O) groups excluding carboxylic acids is 1. The van der Waals surface area contributed by atoms with E-state index in [9.17, 15) is 4.79 Å². The number of carbonyl (C=O) groups is 1. The molecule has 21 heavy (non-hydrogen) atoms. The summed E-state index contributed by atoms with van der Waals surface area (Å²) in [5.41, 5.74) is 7.97. The number of aromatic nitrogens is 2. The fourth-order valence-electron chi connectivity index (χ4n) is 2.29. The molecule has 0 saturated carbocycles. The van der Waals surface area contributed by atoms with Crippen molar-refractivity contribution in [1.82, 2.24) is 15.3 Å². The van der Waals surface area contributed by atoms with Crippen LogP contribution >= 0.6 is 11.8 Å². The molecule has 6 heteroatoms. The number of likely N-dealkylation sites (N-methyl/N-ethyl adjacent to an activating group) is 1. The van der Waals surface area contributed by atoms with E-state index in [0.29, 0.717) is 6.42 Å². The average Bonchev–Trinajstić information content (AvgIpc) is 2.79. The Hall–Kier alpha value is -1.53. The third kappa shape index (κ3) is 3.57. The van der Waals surface area contributed by atoms with Crippen LogP contribution in [0.2, 0.25) is 0 Å². The number of imidazole rings is 1. The minimum absolute atomic E-state index is 0.205. The normalized spacial score (nSPS) is 15.8. The standard InChI is InChI=1S/C15H22N4OS/c1-9-5-6-11-12(7-9)19-14(18-11)21-10(2)8-15(3,17-4)13(16)20/h5-7,10,17H,8H2,1-4H3,(H2,16,20)(H,18,19). The number of fused-ring (bicyclic) bond motifs is 1. The molecule has 5 nitrogen and oxygen atoms in total. The first-order chi connectivity index (χ1) is 9.84. The van der Waals surface area contributed by atoms with Gasteiger partial charge in [0.05, 0.1) is 16.6 Å². The Kier molecular flexibility index (Phi) is 4.58. The van der Waals surface area contributed by atoms with E-state index >= 15 is 0 Å². The first kappa shape index (κ1) is 15.9. The van der Waals surface area contributed by atoms with E-state index < -0.39 is 5.54 Å². The Morgan fingerprint density at radius 3 is 2.90 bits per heavy atom. The summed E-state index contributed by atoms with van der Waals surface area (Å²) in [6, 6.07) is 6.14. The average molecular weight is 306 g/mol. The van der Waals surface area contributed by atoms with Crippen LogP contribution < -0.4 is 11.1 Å². The number of hydrogen-bond acceptors (Lipinski definition) is 4. The van der Waals surface area contributed by atoms with E-state index in [2.05, 4.69) is 35.2 Å². The highest BCUT2D eigenvalue weighted by molar-refractivity contribution is 7.99. The summed E-state index contributed by atoms with van der Waals surface area (Å²) in [7, 11) is 1.76. The lowest BCUT2D eigenvalue weighted by atomic mass is 9.95. The highest BCUT2D eigenvalue weighted by Gasteiger charge is 2.31. The maximum absolute atomic E-state index is 11.5. The Bertz CT molecular complexity index is 654. The zero-order valence-corrected chi connectivity index (χ0v) is 13.7. The minimum Gasteiger partial charge on any atom is -0.368 e. The zero-order valence-electron chi connectivity index (χ0n) is 12.9. The SMILES string of the molecule is CNC(C)(CC(C)Sc1nc2ccc(C)cc2[nH]1)C(N)=O. The number of nitrogens with zero attached hydrogens (tertiary/aromatic N) is 1. The van der Waals surface area contributed by atoms with Gasteiger partial charge in [-0.2, -0.15) is 0 Å². The Balaban J connectivity index is 2.10. The fourth-order valence-corrected chi connectivity index (χ4v) is 3.41. The van der Waals surface area contributed by atoms with Crippen LogP contribution in [-0.4, -0.2) is 33.7 Å². The summed E-state index contributed by atoms with van der Waals surface area (Å²) in [6.45, 7) is 5.96. The lowest BCUT2D eigenvalue weighted by Gasteiger charge is -2.27. The number of rotatable bonds is 6. The lowest BCUT2D eigenvalue weighted by molar-refractivity contribution is -0.123. The topological polar surface area (TPSA) is 83.8 Å². The number of H-pyrrole nitrogens is 1. The number of aryl methyl sites for hydroxylation is 1. The molecular formula is C15H22N4OS. The zero-order chi connectivity index (χ0) is 15.6. The van der Waals surface area contributed by atoms with Gasteiger partial charge in [0, 0.05) is 5.25 Å². The van der Waals surface area contributed by atoms with Gasteiger partial charge in [-0.1, -0.05) is 24.8 Å². The summed E-state index contributed by atoms with van der Waals surface area (Å²) in [5, 5.41) is 4.08. The van der Waals surface area contributed by atoms with E-state index in [0.717, 1.165) is 16.2 Å². The predicted octanol–water partition coefficient (Wildman–Crippen LogP) is 2.21. The molecule has 2 atom stereocenters. The highest BCUT2D eigenvalue weighted by atomic mass is 32.2. The Morgan fingerprint density at radius 2 is 2.29 bits per heavy atom. The van der Waals surface area contributed by atoms with Gasteiger partial charge in [-0.25, -0.2) is 4.98 Å². The van der Waals surface area contributed by atoms with Gasteiger partial charge in [0.25, 0.3) is 0 Å². The van der Waals surface area contributed by atoms with Crippen LogP contribution in [0.15, 0.2) is 23.4 Å². The second-order valence-corrected chi connectivity index (χ2v) is 7.07. The number of primary amides is 1. The number of aromatic amines is 1. The highest BCUT2D eigenvalue weighted by Crippen LogP contribution is 2.28. The van der Waals surface area contributed by atoms with Crippen molar-refractivity contribution in [2.45, 2.75) is 43.1 Å². The van der Waals surface area contributed by atoms with Crippen LogP contribution in [-0.2, 0) is 4.79 Å². The molecule has 4 N–H and O–H groups in total. The predicted molar refractivity (Wildman–Crippen MR) is 87.4 cm³/mol. The smallest absolute Gasteiger partial charge is 0.237 e. The molecule has 0 bridgehead atoms. The number of benzene rings is 1. The van der Waals surface area contributed by atoms with Crippen molar-refractivity contribution >= 4 is 28.7 Å². The van der Waals surface area contributed by atoms with Crippen LogP contribution in [0.5, 0.6) is 0 Å². The molecule has 0 spiro atoms. The quantitative estimate of drug-likeness (QED) is 0.714. The van der Waals surface area contributed by atoms with E-state index in [1.54, 1.807) is 18.8 Å². The van der Waals surface area contributed by atoms with Crippen molar-refractivity contribution in [1.29, 1.82) is 0 Å². The van der Waals surface area contributed by atoms with E-state index in [-0.39, 0.29) is 11.2 Å². The monoisotopic (exact) mass is 306 g/mol. The van der Waals surface area contributed by atoms with E-state index in [1.165, 1.54) is 5.56 Å². The second-order valence-electron chi connectivity index (χ2n) is 5.64. The summed E-state index contributed by atoms with van der Waals surface area (Å²) < 4.78 is 0. The minimum atomic E-state index is -0.699. The molecule has 2 rings (SSSR count). The van der Waals surface area contributed by atoms with Gasteiger partial charge in [-0.3, -0.25) is 4.79 Å². The fraction of sp³-hybridized carbons (Fsp3) is 0.467. The largest absolute Gasteiger partial charge is 0.368 e. The van der Waals surface area contributed by atoms with Gasteiger partial charge in [-0.05, 0) is 45.0 Å². The molecule has 1 aromatic heterocycles. The number of hydrogen-bond donors (Lipinski definition) is 3. The second kappa shape index (κ2) is 6.07. The van der Waals surface area contributed by atoms with Crippen molar-refractivity contribution in [3.05, 3.63) is 23.8 Å². The number of nitrogens with two attached hydrogens (primary N) is 1. The lowest BCUT2D eigenvalue weighted by Crippen LogP contribution is -2.52. The molecule has 0 radical (unpaired) electrons. The van der Waals surface area contributed by atoms with Crippen molar-refractivity contribution < 1.29 is 4.79 Å². The molecular weight excluding hydrogens is 284 g/mol. The van der Waals surface area contributed by atoms with Crippen molar-refractivity contribution in [2.24, 2.45) is 5.73 Å². The van der Waals surface area contributed by atoms with Crippen LogP contribution in [0.4, 0.5) is 0 Å². The molecule has 2 unspecified atom stereocenters. The van der Waals surface area contributed by atoms with Crippen LogP contribution in [0.1, 0.15) is 25.8 Å². The molecule has 0 aliphatic carbocycles. The maximum Gasteiger partial charge on any atom is 0.237 e. The number of thioether (sulfide) groups is 1. The summed E-state index contributed by atoms with van der Waals surface area (Å²) in [5.74, 6) is -0.335. The molecule has 1 heterocycles. The summed E-state index contributed by atoms with van der Waals surface area (Å²) in [6.07, 6.45) is 0.638. The Labute approximate surface area is 129 Å². The van der Waals surface area contributed by atoms with Crippen molar-refractivity contribution in [2.75, 3.05) is 7.05 Å². The first-order valence-corrected chi connectivity index (χ1v) is 7.84. The number of nitrogens with one attached hydrogen (secondary N) is 2. The van der Waals surface area contributed by atoms with Gasteiger partial charge in [0.2, 0.25) is 5.91 Å². The van der Waals surface area contributed by atoms with Crippen molar-refractivity contribution in [3.8, 4) is 0 Å². The molecule has 1 amide bonds. The number of amides is 1. The molecule has 2 aromatic rings. The third-order valence-electron chi connectivity index (χ3n) is 3.72. The van der Waals surface area contributed by atoms with Gasteiger partial charge in [-0.15, -0.1) is 0 Å². The van der Waals surface area contributed by atoms with Crippen LogP contribution in [0.25, 0.3) is 11.0 Å². The van der Waals surface area contributed by atoms with Gasteiger partial charge in [0.1, 0.15) is 0 Å². The van der Waals surface area contributed by atoms with Gasteiger partial charge >= 0.3 is 0 Å². The molecule has 1 aromatic carbocycles. The first-order valence-electron chi connectivity index (χ1n) is 6.96. The third-order valence-corrected chi connectivity index (χ3v) is 4.71.